The van der Waals surface area contributed by atoms with Gasteiger partial charge in [0, 0.05) is 30.6 Å². The average Bonchev–Trinajstić information content (AvgIpc) is 3.41. The van der Waals surface area contributed by atoms with Crippen LogP contribution in [0, 0.1) is 34.5 Å². The highest BCUT2D eigenvalue weighted by Crippen LogP contribution is 2.65. The topological polar surface area (TPSA) is 91.0 Å². The molecule has 0 aromatic carbocycles. The normalized spacial score (nSPS) is 38.5. The summed E-state index contributed by atoms with van der Waals surface area (Å²) in [4.78, 5) is 39.3. The summed E-state index contributed by atoms with van der Waals surface area (Å²) < 4.78 is 14.6. The zero-order valence-corrected chi connectivity index (χ0v) is 20.7. The molecule has 2 N–H and O–H groups in total. The van der Waals surface area contributed by atoms with Gasteiger partial charge in [-0.2, -0.15) is 0 Å². The van der Waals surface area contributed by atoms with Gasteiger partial charge in [-0.15, -0.1) is 0 Å². The lowest BCUT2D eigenvalue weighted by atomic mass is 9.47. The molecule has 1 aliphatic heterocycles. The zero-order chi connectivity index (χ0) is 24.5. The van der Waals surface area contributed by atoms with Crippen LogP contribution in [-0.2, 0) is 16.1 Å². The highest BCUT2D eigenvalue weighted by atomic mass is 19.1. The van der Waals surface area contributed by atoms with Gasteiger partial charge in [0.15, 0.2) is 11.5 Å². The molecule has 1 unspecified atom stereocenters. The van der Waals surface area contributed by atoms with Gasteiger partial charge in [0.05, 0.1) is 12.1 Å². The molecule has 3 heterocycles. The van der Waals surface area contributed by atoms with Gasteiger partial charge in [-0.1, -0.05) is 13.8 Å². The minimum atomic E-state index is -0.607. The molecule has 8 heteroatoms. The number of fused-ring (bicyclic) bond motifs is 6. The fourth-order valence-corrected chi connectivity index (χ4v) is 8.53. The molecule has 3 saturated carbocycles. The molecule has 0 radical (unpaired) electrons. The van der Waals surface area contributed by atoms with Crippen molar-refractivity contribution in [1.82, 2.24) is 25.2 Å². The number of H-pyrrole nitrogens is 1. The number of halogens is 1. The molecule has 7 atom stereocenters. The number of amides is 2. The molecule has 2 amide bonds. The van der Waals surface area contributed by atoms with Gasteiger partial charge in [-0.25, -0.2) is 14.4 Å². The molecule has 35 heavy (non-hydrogen) atoms. The second-order valence-corrected chi connectivity index (χ2v) is 11.7. The van der Waals surface area contributed by atoms with Crippen molar-refractivity contribution in [3.8, 4) is 0 Å². The summed E-state index contributed by atoms with van der Waals surface area (Å²) >= 11 is 0. The maximum absolute atomic E-state index is 14.6. The Hall–Kier alpha value is -2.77. The van der Waals surface area contributed by atoms with E-state index in [1.807, 2.05) is 12.1 Å². The van der Waals surface area contributed by atoms with Crippen LogP contribution in [-0.4, -0.2) is 44.8 Å². The minimum absolute atomic E-state index is 0.0237. The average molecular weight is 480 g/mol. The van der Waals surface area contributed by atoms with E-state index in [1.54, 1.807) is 24.2 Å². The highest BCUT2D eigenvalue weighted by Gasteiger charge is 2.62. The number of pyridine rings is 1. The van der Waals surface area contributed by atoms with Gasteiger partial charge in [-0.3, -0.25) is 9.59 Å². The number of nitrogens with zero attached hydrogens (tertiary/aromatic N) is 3. The van der Waals surface area contributed by atoms with Crippen LogP contribution >= 0.6 is 0 Å². The maximum atomic E-state index is 14.6. The molecule has 0 saturated heterocycles. The Morgan fingerprint density at radius 1 is 1.23 bits per heavy atom. The number of nitrogens with one attached hydrogen (secondary N) is 2. The number of rotatable bonds is 3. The standard InChI is InChI=1S/C27H34FN5O2/c1-26-11-10-17-15(6-9-21-27(17,2)13-19(28)25(35)33(21)3)16(26)7-8-18(26)24(34)30-14-22-31-20-5-4-12-29-23(20)32-22/h4-5,12-13,15-18,21H,6-11,14H2,1-3H3,(H,30,34)(H,29,31,32)/t15-,16+,17+,18+,21?,26+,27+/m1/s1. The fourth-order valence-electron chi connectivity index (χ4n) is 8.53. The van der Waals surface area contributed by atoms with E-state index in [2.05, 4.69) is 34.1 Å². The summed E-state index contributed by atoms with van der Waals surface area (Å²) in [5.41, 5.74) is 1.13. The first-order valence-corrected chi connectivity index (χ1v) is 12.9. The first-order chi connectivity index (χ1) is 16.7. The summed E-state index contributed by atoms with van der Waals surface area (Å²) in [6.45, 7) is 4.82. The number of likely N-dealkylation sites (N-methyl/N-ethyl adjacent to an activating group) is 1. The molecule has 2 aromatic rings. The van der Waals surface area contributed by atoms with Crippen LogP contribution in [0.4, 0.5) is 4.39 Å². The van der Waals surface area contributed by atoms with Crippen molar-refractivity contribution in [1.29, 1.82) is 0 Å². The Balaban J connectivity index is 1.19. The van der Waals surface area contributed by atoms with Gasteiger partial charge in [0.2, 0.25) is 5.91 Å². The third kappa shape index (κ3) is 3.28. The Morgan fingerprint density at radius 3 is 2.86 bits per heavy atom. The monoisotopic (exact) mass is 479 g/mol. The predicted octanol–water partition coefficient (Wildman–Crippen LogP) is 4.13. The molecule has 2 aromatic heterocycles. The van der Waals surface area contributed by atoms with Crippen LogP contribution in [0.25, 0.3) is 11.2 Å². The Labute approximate surface area is 205 Å². The molecule has 0 bridgehead atoms. The Kier molecular flexibility index (Phi) is 5.10. The van der Waals surface area contributed by atoms with E-state index < -0.39 is 11.7 Å². The summed E-state index contributed by atoms with van der Waals surface area (Å²) in [6.07, 6.45) is 9.14. The maximum Gasteiger partial charge on any atom is 0.282 e. The van der Waals surface area contributed by atoms with E-state index in [9.17, 15) is 14.0 Å². The number of aromatic nitrogens is 3. The van der Waals surface area contributed by atoms with Crippen LogP contribution in [0.2, 0.25) is 0 Å². The lowest BCUT2D eigenvalue weighted by Crippen LogP contribution is -2.60. The molecule has 4 aliphatic rings. The SMILES string of the molecule is CN1C(=O)C(F)=C[C@]2(C)C1CC[C@@H]1[C@@H]3CC[C@@H](C(=O)NCc4nc5ncccc5[nH]4)[C@@]3(C)CC[C@@H]12. The Morgan fingerprint density at radius 2 is 2.06 bits per heavy atom. The van der Waals surface area contributed by atoms with Gasteiger partial charge < -0.3 is 15.2 Å². The van der Waals surface area contributed by atoms with E-state index in [4.69, 9.17) is 0 Å². The number of imidazole rings is 1. The van der Waals surface area contributed by atoms with Crippen molar-refractivity contribution in [3.63, 3.8) is 0 Å². The fraction of sp³-hybridized carbons (Fsp3) is 0.630. The smallest absolute Gasteiger partial charge is 0.282 e. The predicted molar refractivity (Wildman–Crippen MR) is 129 cm³/mol. The molecule has 3 aliphatic carbocycles. The van der Waals surface area contributed by atoms with Crippen LogP contribution in [0.3, 0.4) is 0 Å². The van der Waals surface area contributed by atoms with Crippen LogP contribution in [0.15, 0.2) is 30.2 Å². The Bertz CT molecular complexity index is 1190. The second kappa shape index (κ2) is 7.87. The van der Waals surface area contributed by atoms with Crippen molar-refractivity contribution >= 4 is 23.0 Å². The van der Waals surface area contributed by atoms with Gasteiger partial charge in [0.1, 0.15) is 5.82 Å². The largest absolute Gasteiger partial charge is 0.349 e. The lowest BCUT2D eigenvalue weighted by Gasteiger charge is -2.60. The summed E-state index contributed by atoms with van der Waals surface area (Å²) in [5.74, 6) is 0.954. The minimum Gasteiger partial charge on any atom is -0.349 e. The summed E-state index contributed by atoms with van der Waals surface area (Å²) in [5, 5.41) is 3.14. The molecular weight excluding hydrogens is 445 g/mol. The second-order valence-electron chi connectivity index (χ2n) is 11.7. The number of hydrogen-bond acceptors (Lipinski definition) is 4. The number of carbonyl (C=O) groups is 2. The van der Waals surface area contributed by atoms with E-state index in [-0.39, 0.29) is 28.7 Å². The van der Waals surface area contributed by atoms with Crippen molar-refractivity contribution < 1.29 is 14.0 Å². The molecular formula is C27H34FN5O2. The third-order valence-corrected chi connectivity index (χ3v) is 10.2. The van der Waals surface area contributed by atoms with Crippen LogP contribution < -0.4 is 5.32 Å². The van der Waals surface area contributed by atoms with Crippen molar-refractivity contribution in [2.75, 3.05) is 7.05 Å². The molecule has 3 fully saturated rings. The van der Waals surface area contributed by atoms with E-state index in [0.29, 0.717) is 35.8 Å². The lowest BCUT2D eigenvalue weighted by molar-refractivity contribution is -0.145. The van der Waals surface area contributed by atoms with Crippen molar-refractivity contribution in [3.05, 3.63) is 36.1 Å². The quantitative estimate of drug-likeness (QED) is 0.693. The first kappa shape index (κ1) is 22.7. The van der Waals surface area contributed by atoms with Crippen molar-refractivity contribution in [2.24, 2.45) is 34.5 Å². The number of carbonyl (C=O) groups excluding carboxylic acids is 2. The highest BCUT2D eigenvalue weighted by molar-refractivity contribution is 5.92. The molecule has 186 valence electrons. The molecule has 6 rings (SSSR count). The molecule has 0 spiro atoms. The third-order valence-electron chi connectivity index (χ3n) is 10.2. The van der Waals surface area contributed by atoms with Gasteiger partial charge in [0.25, 0.3) is 5.91 Å². The van der Waals surface area contributed by atoms with Crippen molar-refractivity contribution in [2.45, 2.75) is 65.0 Å². The summed E-state index contributed by atoms with van der Waals surface area (Å²) in [6, 6.07) is 3.84. The van der Waals surface area contributed by atoms with Gasteiger partial charge >= 0.3 is 0 Å². The van der Waals surface area contributed by atoms with E-state index >= 15 is 0 Å². The van der Waals surface area contributed by atoms with E-state index in [1.165, 1.54) is 0 Å². The van der Waals surface area contributed by atoms with E-state index in [0.717, 1.165) is 44.0 Å². The summed E-state index contributed by atoms with van der Waals surface area (Å²) in [7, 11) is 1.75. The molecule has 7 nitrogen and oxygen atoms in total. The number of hydrogen-bond donors (Lipinski definition) is 2. The number of aromatic amines is 1. The zero-order valence-electron chi connectivity index (χ0n) is 20.7. The first-order valence-electron chi connectivity index (χ1n) is 12.9. The van der Waals surface area contributed by atoms with Crippen LogP contribution in [0.1, 0.15) is 58.2 Å². The van der Waals surface area contributed by atoms with Gasteiger partial charge in [-0.05, 0) is 79.9 Å². The van der Waals surface area contributed by atoms with Crippen LogP contribution in [0.5, 0.6) is 0 Å².